The first-order valence-corrected chi connectivity index (χ1v) is 9.01. The van der Waals surface area contributed by atoms with Gasteiger partial charge in [0.2, 0.25) is 0 Å². The van der Waals surface area contributed by atoms with E-state index in [1.54, 1.807) is 18.5 Å². The number of hydrogen-bond donors (Lipinski definition) is 0. The third kappa shape index (κ3) is 3.06. The van der Waals surface area contributed by atoms with Crippen LogP contribution in [-0.2, 0) is 6.42 Å². The quantitative estimate of drug-likeness (QED) is 0.528. The molecule has 3 aromatic heterocycles. The molecule has 0 bridgehead atoms. The maximum atomic E-state index is 9.29. The van der Waals surface area contributed by atoms with Crippen LogP contribution in [0.3, 0.4) is 0 Å². The van der Waals surface area contributed by atoms with Crippen LogP contribution in [-0.4, -0.2) is 15.0 Å². The number of hydrogen-bond acceptors (Lipinski definition) is 5. The van der Waals surface area contributed by atoms with E-state index in [-0.39, 0.29) is 0 Å². The van der Waals surface area contributed by atoms with Crippen LogP contribution < -0.4 is 0 Å². The van der Waals surface area contributed by atoms with Crippen LogP contribution in [0.1, 0.15) is 24.4 Å². The first-order chi connectivity index (χ1) is 13.3. The van der Waals surface area contributed by atoms with E-state index in [9.17, 15) is 5.26 Å². The van der Waals surface area contributed by atoms with Crippen molar-refractivity contribution in [1.82, 2.24) is 15.0 Å². The molecule has 1 aliphatic rings. The zero-order chi connectivity index (χ0) is 18.2. The van der Waals surface area contributed by atoms with Crippen molar-refractivity contribution < 1.29 is 4.42 Å². The molecule has 130 valence electrons. The fourth-order valence-corrected chi connectivity index (χ4v) is 3.25. The minimum Gasteiger partial charge on any atom is -0.441 e. The van der Waals surface area contributed by atoms with Gasteiger partial charge in [0.15, 0.2) is 11.7 Å². The lowest BCUT2D eigenvalue weighted by Crippen LogP contribution is -1.92. The Balaban J connectivity index is 1.63. The van der Waals surface area contributed by atoms with Crippen LogP contribution in [0.4, 0.5) is 0 Å². The van der Waals surface area contributed by atoms with E-state index < -0.39 is 0 Å². The number of nitriles is 1. The van der Waals surface area contributed by atoms with Gasteiger partial charge in [-0.1, -0.05) is 18.2 Å². The number of rotatable bonds is 4. The minimum absolute atomic E-state index is 0.368. The number of nitrogens with zero attached hydrogens (tertiary/aromatic N) is 4. The Hall–Kier alpha value is -3.52. The van der Waals surface area contributed by atoms with E-state index in [0.717, 1.165) is 34.3 Å². The zero-order valence-electron chi connectivity index (χ0n) is 14.6. The maximum absolute atomic E-state index is 9.29. The second-order valence-electron chi connectivity index (χ2n) is 6.88. The third-order valence-corrected chi connectivity index (χ3v) is 4.87. The molecule has 5 rings (SSSR count). The van der Waals surface area contributed by atoms with Crippen molar-refractivity contribution in [3.63, 3.8) is 0 Å². The standard InChI is InChI=1S/C22H16N4O/c23-12-17-7-8-18(20-13-25-21(27-20)10-14-3-4-14)22(26-17)16-6-5-15-2-1-9-24-19(15)11-16/h1-2,5-9,11,13-14H,3-4,10H2. The number of aromatic nitrogens is 3. The van der Waals surface area contributed by atoms with Gasteiger partial charge in [-0.2, -0.15) is 5.26 Å². The summed E-state index contributed by atoms with van der Waals surface area (Å²) in [4.78, 5) is 13.4. The molecule has 1 aromatic carbocycles. The van der Waals surface area contributed by atoms with Gasteiger partial charge >= 0.3 is 0 Å². The molecular formula is C22H16N4O. The lowest BCUT2D eigenvalue weighted by molar-refractivity contribution is 0.493. The van der Waals surface area contributed by atoms with Crippen LogP contribution in [0.2, 0.25) is 0 Å². The topological polar surface area (TPSA) is 75.6 Å². The van der Waals surface area contributed by atoms with E-state index in [4.69, 9.17) is 4.42 Å². The van der Waals surface area contributed by atoms with Crippen LogP contribution in [0.25, 0.3) is 33.5 Å². The summed E-state index contributed by atoms with van der Waals surface area (Å²) >= 11 is 0. The van der Waals surface area contributed by atoms with Crippen molar-refractivity contribution in [3.05, 3.63) is 66.4 Å². The second kappa shape index (κ2) is 6.33. The van der Waals surface area contributed by atoms with E-state index >= 15 is 0 Å². The lowest BCUT2D eigenvalue weighted by atomic mass is 10.0. The highest BCUT2D eigenvalue weighted by molar-refractivity contribution is 5.87. The molecule has 27 heavy (non-hydrogen) atoms. The molecule has 0 amide bonds. The summed E-state index contributed by atoms with van der Waals surface area (Å²) in [5.74, 6) is 2.16. The van der Waals surface area contributed by atoms with Crippen molar-refractivity contribution in [1.29, 1.82) is 5.26 Å². The van der Waals surface area contributed by atoms with Crippen LogP contribution in [0.15, 0.2) is 59.3 Å². The summed E-state index contributed by atoms with van der Waals surface area (Å²) in [5, 5.41) is 10.4. The van der Waals surface area contributed by atoms with Gasteiger partial charge in [0, 0.05) is 29.1 Å². The lowest BCUT2D eigenvalue weighted by Gasteiger charge is -2.08. The third-order valence-electron chi connectivity index (χ3n) is 4.87. The van der Waals surface area contributed by atoms with Gasteiger partial charge in [0.25, 0.3) is 0 Å². The first kappa shape index (κ1) is 15.7. The Kier molecular flexibility index (Phi) is 3.68. The molecule has 1 aliphatic carbocycles. The molecule has 4 aromatic rings. The largest absolute Gasteiger partial charge is 0.441 e. The SMILES string of the molecule is N#Cc1ccc(-c2cnc(CC3CC3)o2)c(-c2ccc3cccnc3c2)n1. The Morgan fingerprint density at radius 3 is 2.89 bits per heavy atom. The van der Waals surface area contributed by atoms with Crippen LogP contribution in [0, 0.1) is 17.2 Å². The van der Waals surface area contributed by atoms with E-state index in [2.05, 4.69) is 21.0 Å². The Bertz CT molecular complexity index is 1180. The van der Waals surface area contributed by atoms with Crippen molar-refractivity contribution in [2.75, 3.05) is 0 Å². The average molecular weight is 352 g/mol. The maximum Gasteiger partial charge on any atom is 0.195 e. The number of benzene rings is 1. The first-order valence-electron chi connectivity index (χ1n) is 9.01. The predicted octanol–water partition coefficient (Wildman–Crippen LogP) is 4.78. The molecule has 1 fully saturated rings. The number of fused-ring (bicyclic) bond motifs is 1. The normalized spacial score (nSPS) is 13.6. The molecule has 1 saturated carbocycles. The summed E-state index contributed by atoms with van der Waals surface area (Å²) in [6.07, 6.45) is 6.92. The van der Waals surface area contributed by atoms with Gasteiger partial charge in [-0.25, -0.2) is 9.97 Å². The summed E-state index contributed by atoms with van der Waals surface area (Å²) in [7, 11) is 0. The molecule has 0 unspecified atom stereocenters. The van der Waals surface area contributed by atoms with Crippen molar-refractivity contribution in [2.45, 2.75) is 19.3 Å². The van der Waals surface area contributed by atoms with Gasteiger partial charge < -0.3 is 4.42 Å². The second-order valence-corrected chi connectivity index (χ2v) is 6.88. The molecule has 0 N–H and O–H groups in total. The van der Waals surface area contributed by atoms with Crippen molar-refractivity contribution in [3.8, 4) is 28.7 Å². The molecule has 0 radical (unpaired) electrons. The van der Waals surface area contributed by atoms with Crippen LogP contribution in [0.5, 0.6) is 0 Å². The molecular weight excluding hydrogens is 336 g/mol. The van der Waals surface area contributed by atoms with Crippen LogP contribution >= 0.6 is 0 Å². The van der Waals surface area contributed by atoms with Gasteiger partial charge in [-0.15, -0.1) is 0 Å². The molecule has 0 spiro atoms. The average Bonchev–Trinajstić information content (AvgIpc) is 3.42. The van der Waals surface area contributed by atoms with Gasteiger partial charge in [-0.3, -0.25) is 4.98 Å². The zero-order valence-corrected chi connectivity index (χ0v) is 14.6. The summed E-state index contributed by atoms with van der Waals surface area (Å²) in [6.45, 7) is 0. The summed E-state index contributed by atoms with van der Waals surface area (Å²) in [6, 6.07) is 15.6. The van der Waals surface area contributed by atoms with E-state index in [1.807, 2.05) is 36.4 Å². The van der Waals surface area contributed by atoms with Crippen molar-refractivity contribution in [2.24, 2.45) is 5.92 Å². The number of pyridine rings is 2. The molecule has 3 heterocycles. The molecule has 0 atom stereocenters. The Morgan fingerprint density at radius 1 is 1.11 bits per heavy atom. The summed E-state index contributed by atoms with van der Waals surface area (Å²) < 4.78 is 5.99. The van der Waals surface area contributed by atoms with Gasteiger partial charge in [0.05, 0.1) is 17.4 Å². The molecule has 5 nitrogen and oxygen atoms in total. The van der Waals surface area contributed by atoms with Crippen molar-refractivity contribution >= 4 is 10.9 Å². The highest BCUT2D eigenvalue weighted by Crippen LogP contribution is 2.35. The fourth-order valence-electron chi connectivity index (χ4n) is 3.25. The Morgan fingerprint density at radius 2 is 2.04 bits per heavy atom. The van der Waals surface area contributed by atoms with E-state index in [1.165, 1.54) is 12.8 Å². The highest BCUT2D eigenvalue weighted by Gasteiger charge is 2.24. The predicted molar refractivity (Wildman–Crippen MR) is 102 cm³/mol. The van der Waals surface area contributed by atoms with Gasteiger partial charge in [-0.05, 0) is 43.0 Å². The fraction of sp³-hybridized carbons (Fsp3) is 0.182. The smallest absolute Gasteiger partial charge is 0.195 e. The number of oxazole rings is 1. The monoisotopic (exact) mass is 352 g/mol. The summed E-state index contributed by atoms with van der Waals surface area (Å²) in [5.41, 5.74) is 3.69. The molecule has 5 heteroatoms. The highest BCUT2D eigenvalue weighted by atomic mass is 16.4. The Labute approximate surface area is 156 Å². The minimum atomic E-state index is 0.368. The molecule has 0 aliphatic heterocycles. The van der Waals surface area contributed by atoms with Gasteiger partial charge in [0.1, 0.15) is 11.8 Å². The van der Waals surface area contributed by atoms with E-state index in [0.29, 0.717) is 23.1 Å². The molecule has 0 saturated heterocycles.